The average molecular weight is 222 g/mol. The Morgan fingerprint density at radius 1 is 1.50 bits per heavy atom. The lowest BCUT2D eigenvalue weighted by Crippen LogP contribution is -1.99. The second-order valence-corrected chi connectivity index (χ2v) is 3.39. The third kappa shape index (κ3) is 3.56. The van der Waals surface area contributed by atoms with E-state index < -0.39 is 11.9 Å². The first-order chi connectivity index (χ1) is 7.65. The molecular formula is C13H15FO2. The first-order valence-electron chi connectivity index (χ1n) is 5.15. The third-order valence-corrected chi connectivity index (χ3v) is 2.10. The second kappa shape index (κ2) is 6.14. The van der Waals surface area contributed by atoms with Gasteiger partial charge in [-0.25, -0.2) is 4.39 Å². The summed E-state index contributed by atoms with van der Waals surface area (Å²) in [4.78, 5) is 0. The first kappa shape index (κ1) is 12.5. The molecule has 86 valence electrons. The molecule has 1 aromatic carbocycles. The van der Waals surface area contributed by atoms with Crippen molar-refractivity contribution < 1.29 is 14.2 Å². The summed E-state index contributed by atoms with van der Waals surface area (Å²) >= 11 is 0. The number of hydrogen-bond acceptors (Lipinski definition) is 2. The Hall–Kier alpha value is -1.53. The maximum Gasteiger partial charge on any atom is 0.165 e. The normalized spacial score (nSPS) is 11.5. The van der Waals surface area contributed by atoms with Crippen molar-refractivity contribution >= 4 is 0 Å². The standard InChI is InChI=1S/C13H15FO2/c1-3-4-5-8-16-13-7-6-11(10(2)15)9-12(13)14/h6-7,9-10,15H,5,8H2,1-2H3. The maximum atomic E-state index is 13.4. The van der Waals surface area contributed by atoms with Gasteiger partial charge in [-0.3, -0.25) is 0 Å². The molecule has 0 spiro atoms. The molecule has 0 aliphatic carbocycles. The summed E-state index contributed by atoms with van der Waals surface area (Å²) in [6, 6.07) is 4.46. The molecule has 0 radical (unpaired) electrons. The second-order valence-electron chi connectivity index (χ2n) is 3.39. The van der Waals surface area contributed by atoms with Crippen molar-refractivity contribution in [2.45, 2.75) is 26.4 Å². The molecule has 2 nitrogen and oxygen atoms in total. The van der Waals surface area contributed by atoms with Crippen molar-refractivity contribution in [3.05, 3.63) is 29.6 Å². The summed E-state index contributed by atoms with van der Waals surface area (Å²) in [6.45, 7) is 3.70. The van der Waals surface area contributed by atoms with E-state index in [-0.39, 0.29) is 5.75 Å². The van der Waals surface area contributed by atoms with Gasteiger partial charge in [0.1, 0.15) is 0 Å². The lowest BCUT2D eigenvalue weighted by molar-refractivity contribution is 0.198. The fraction of sp³-hybridized carbons (Fsp3) is 0.385. The zero-order chi connectivity index (χ0) is 12.0. The van der Waals surface area contributed by atoms with Gasteiger partial charge in [0, 0.05) is 6.42 Å². The summed E-state index contributed by atoms with van der Waals surface area (Å²) < 4.78 is 18.7. The van der Waals surface area contributed by atoms with Crippen LogP contribution in [0.1, 0.15) is 31.9 Å². The molecule has 1 atom stereocenters. The summed E-state index contributed by atoms with van der Waals surface area (Å²) in [6.07, 6.45) is -0.0943. The number of aliphatic hydroxyl groups is 1. The van der Waals surface area contributed by atoms with Gasteiger partial charge in [-0.2, -0.15) is 0 Å². The van der Waals surface area contributed by atoms with Gasteiger partial charge in [-0.1, -0.05) is 6.07 Å². The average Bonchev–Trinajstić information content (AvgIpc) is 2.26. The van der Waals surface area contributed by atoms with Gasteiger partial charge in [0.25, 0.3) is 0 Å². The molecule has 0 bridgehead atoms. The predicted octanol–water partition coefficient (Wildman–Crippen LogP) is 2.67. The molecule has 0 saturated carbocycles. The Labute approximate surface area is 95.1 Å². The minimum absolute atomic E-state index is 0.197. The lowest BCUT2D eigenvalue weighted by Gasteiger charge is -2.08. The zero-order valence-electron chi connectivity index (χ0n) is 9.46. The molecule has 0 aliphatic rings. The zero-order valence-corrected chi connectivity index (χ0v) is 9.46. The van der Waals surface area contributed by atoms with Crippen molar-refractivity contribution in [3.63, 3.8) is 0 Å². The molecule has 16 heavy (non-hydrogen) atoms. The van der Waals surface area contributed by atoms with Crippen LogP contribution in [-0.2, 0) is 0 Å². The maximum absolute atomic E-state index is 13.4. The van der Waals surface area contributed by atoms with Crippen LogP contribution in [0, 0.1) is 17.7 Å². The highest BCUT2D eigenvalue weighted by molar-refractivity contribution is 5.30. The van der Waals surface area contributed by atoms with Gasteiger partial charge in [0.05, 0.1) is 12.7 Å². The third-order valence-electron chi connectivity index (χ3n) is 2.10. The Balaban J connectivity index is 2.63. The minimum Gasteiger partial charge on any atom is -0.490 e. The SMILES string of the molecule is CC#CCCOc1ccc(C(C)O)cc1F. The van der Waals surface area contributed by atoms with Crippen molar-refractivity contribution in [2.24, 2.45) is 0 Å². The van der Waals surface area contributed by atoms with Crippen LogP contribution in [0.3, 0.4) is 0 Å². The highest BCUT2D eigenvalue weighted by atomic mass is 19.1. The van der Waals surface area contributed by atoms with E-state index >= 15 is 0 Å². The number of rotatable bonds is 4. The Morgan fingerprint density at radius 3 is 2.81 bits per heavy atom. The van der Waals surface area contributed by atoms with E-state index in [2.05, 4.69) is 11.8 Å². The highest BCUT2D eigenvalue weighted by Crippen LogP contribution is 2.21. The van der Waals surface area contributed by atoms with Crippen LogP contribution < -0.4 is 4.74 Å². The van der Waals surface area contributed by atoms with E-state index in [0.717, 1.165) is 0 Å². The molecule has 3 heteroatoms. The van der Waals surface area contributed by atoms with Crippen molar-refractivity contribution in [1.29, 1.82) is 0 Å². The molecular weight excluding hydrogens is 207 g/mol. The number of ether oxygens (including phenoxy) is 1. The molecule has 1 unspecified atom stereocenters. The van der Waals surface area contributed by atoms with Crippen LogP contribution in [-0.4, -0.2) is 11.7 Å². The fourth-order valence-corrected chi connectivity index (χ4v) is 1.23. The largest absolute Gasteiger partial charge is 0.490 e. The Bertz CT molecular complexity index is 402. The van der Waals surface area contributed by atoms with E-state index in [4.69, 9.17) is 4.74 Å². The molecule has 0 fully saturated rings. The van der Waals surface area contributed by atoms with Crippen LogP contribution in [0.4, 0.5) is 4.39 Å². The van der Waals surface area contributed by atoms with Gasteiger partial charge in [-0.15, -0.1) is 11.8 Å². The van der Waals surface area contributed by atoms with Crippen molar-refractivity contribution in [3.8, 4) is 17.6 Å². The molecule has 0 amide bonds. The molecule has 0 heterocycles. The van der Waals surface area contributed by atoms with Gasteiger partial charge >= 0.3 is 0 Å². The summed E-state index contributed by atoms with van der Waals surface area (Å²) in [5, 5.41) is 9.26. The van der Waals surface area contributed by atoms with Crippen LogP contribution >= 0.6 is 0 Å². The Kier molecular flexibility index (Phi) is 4.81. The minimum atomic E-state index is -0.672. The highest BCUT2D eigenvalue weighted by Gasteiger charge is 2.07. The monoisotopic (exact) mass is 222 g/mol. The van der Waals surface area contributed by atoms with Crippen LogP contribution in [0.15, 0.2) is 18.2 Å². The number of hydrogen-bond donors (Lipinski definition) is 1. The molecule has 1 rings (SSSR count). The molecule has 0 aromatic heterocycles. The quantitative estimate of drug-likeness (QED) is 0.627. The van der Waals surface area contributed by atoms with E-state index in [1.54, 1.807) is 19.9 Å². The number of halogens is 1. The van der Waals surface area contributed by atoms with Gasteiger partial charge in [0.15, 0.2) is 11.6 Å². The number of aliphatic hydroxyl groups excluding tert-OH is 1. The lowest BCUT2D eigenvalue weighted by atomic mass is 10.1. The van der Waals surface area contributed by atoms with E-state index in [0.29, 0.717) is 18.6 Å². The van der Waals surface area contributed by atoms with Gasteiger partial charge in [-0.05, 0) is 31.5 Å². The first-order valence-corrected chi connectivity index (χ1v) is 5.15. The number of benzene rings is 1. The predicted molar refractivity (Wildman–Crippen MR) is 60.6 cm³/mol. The summed E-state index contributed by atoms with van der Waals surface area (Å²) in [5.74, 6) is 5.31. The van der Waals surface area contributed by atoms with E-state index in [9.17, 15) is 9.50 Å². The Morgan fingerprint density at radius 2 is 2.25 bits per heavy atom. The topological polar surface area (TPSA) is 29.5 Å². The van der Waals surface area contributed by atoms with Crippen molar-refractivity contribution in [2.75, 3.05) is 6.61 Å². The van der Waals surface area contributed by atoms with Crippen LogP contribution in [0.25, 0.3) is 0 Å². The van der Waals surface area contributed by atoms with E-state index in [1.807, 2.05) is 0 Å². The van der Waals surface area contributed by atoms with Gasteiger partial charge in [0.2, 0.25) is 0 Å². The molecule has 0 aliphatic heterocycles. The molecule has 1 aromatic rings. The molecule has 0 saturated heterocycles. The fourth-order valence-electron chi connectivity index (χ4n) is 1.23. The molecule has 1 N–H and O–H groups in total. The van der Waals surface area contributed by atoms with Crippen molar-refractivity contribution in [1.82, 2.24) is 0 Å². The summed E-state index contributed by atoms with van der Waals surface area (Å²) in [7, 11) is 0. The smallest absolute Gasteiger partial charge is 0.165 e. The van der Waals surface area contributed by atoms with Crippen LogP contribution in [0.2, 0.25) is 0 Å². The van der Waals surface area contributed by atoms with Crippen LogP contribution in [0.5, 0.6) is 5.75 Å². The van der Waals surface area contributed by atoms with Gasteiger partial charge < -0.3 is 9.84 Å². The summed E-state index contributed by atoms with van der Waals surface area (Å²) in [5.41, 5.74) is 0.540. The van der Waals surface area contributed by atoms with E-state index in [1.165, 1.54) is 12.1 Å².